The minimum absolute atomic E-state index is 0.118. The molecule has 0 unspecified atom stereocenters. The van der Waals surface area contributed by atoms with Crippen LogP contribution in [0.5, 0.6) is 5.75 Å². The number of carbonyl (C=O) groups excluding carboxylic acids is 2. The van der Waals surface area contributed by atoms with Crippen LogP contribution < -0.4 is 19.9 Å². The molecule has 7 nitrogen and oxygen atoms in total. The van der Waals surface area contributed by atoms with Gasteiger partial charge in [-0.1, -0.05) is 30.3 Å². The molecule has 0 saturated carbocycles. The normalized spacial score (nSPS) is 15.5. The topological polar surface area (TPSA) is 65.1 Å². The fourth-order valence-corrected chi connectivity index (χ4v) is 5.09. The zero-order valence-electron chi connectivity index (χ0n) is 21.4. The van der Waals surface area contributed by atoms with E-state index in [0.717, 1.165) is 60.7 Å². The van der Waals surface area contributed by atoms with E-state index in [2.05, 4.69) is 28.4 Å². The maximum atomic E-state index is 13.1. The van der Waals surface area contributed by atoms with Gasteiger partial charge in [0.2, 0.25) is 5.91 Å². The van der Waals surface area contributed by atoms with Gasteiger partial charge in [-0.3, -0.25) is 9.69 Å². The Balaban J connectivity index is 1.13. The van der Waals surface area contributed by atoms with Crippen LogP contribution in [0.25, 0.3) is 0 Å². The van der Waals surface area contributed by atoms with Gasteiger partial charge in [0.1, 0.15) is 5.75 Å². The molecule has 0 radical (unpaired) electrons. The standard InChI is InChI=1S/C30H34N4O3/c1-37-27-15-13-26(14-16-27)32-18-20-33(21-19-32)29(35)22-23-9-11-25(12-10-23)31-30(36)34-17-5-4-7-24-6-2-3-8-28(24)34/h2-3,6,8-16H,4-5,7,17-22H2,1H3,(H,31,36). The first kappa shape index (κ1) is 24.7. The molecule has 7 heteroatoms. The first-order valence-electron chi connectivity index (χ1n) is 13.0. The van der Waals surface area contributed by atoms with Crippen LogP contribution in [0.2, 0.25) is 0 Å². The quantitative estimate of drug-likeness (QED) is 0.540. The van der Waals surface area contributed by atoms with Crippen molar-refractivity contribution in [2.45, 2.75) is 25.7 Å². The Bertz CT molecular complexity index is 1220. The van der Waals surface area contributed by atoms with E-state index in [9.17, 15) is 9.59 Å². The molecule has 192 valence electrons. The molecule has 0 aromatic heterocycles. The highest BCUT2D eigenvalue weighted by Crippen LogP contribution is 2.27. The van der Waals surface area contributed by atoms with E-state index in [-0.39, 0.29) is 11.9 Å². The number of anilines is 3. The third-order valence-corrected chi connectivity index (χ3v) is 7.24. The van der Waals surface area contributed by atoms with Gasteiger partial charge < -0.3 is 19.9 Å². The molecular formula is C30H34N4O3. The minimum atomic E-state index is -0.118. The lowest BCUT2D eigenvalue weighted by Crippen LogP contribution is -2.49. The molecule has 3 aromatic rings. The van der Waals surface area contributed by atoms with Crippen molar-refractivity contribution in [2.24, 2.45) is 0 Å². The van der Waals surface area contributed by atoms with Crippen LogP contribution >= 0.6 is 0 Å². The van der Waals surface area contributed by atoms with Crippen LogP contribution in [0, 0.1) is 0 Å². The number of urea groups is 1. The van der Waals surface area contributed by atoms with Crippen LogP contribution in [-0.2, 0) is 17.6 Å². The number of amides is 3. The summed E-state index contributed by atoms with van der Waals surface area (Å²) in [4.78, 5) is 32.1. The molecule has 2 aliphatic heterocycles. The summed E-state index contributed by atoms with van der Waals surface area (Å²) in [5.41, 5.74) is 5.03. The van der Waals surface area contributed by atoms with Gasteiger partial charge in [-0.25, -0.2) is 4.79 Å². The molecule has 5 rings (SSSR count). The third-order valence-electron chi connectivity index (χ3n) is 7.24. The van der Waals surface area contributed by atoms with Crippen LogP contribution in [0.15, 0.2) is 72.8 Å². The van der Waals surface area contributed by atoms with E-state index in [4.69, 9.17) is 4.74 Å². The van der Waals surface area contributed by atoms with Gasteiger partial charge in [-0.2, -0.15) is 0 Å². The molecule has 0 spiro atoms. The largest absolute Gasteiger partial charge is 0.497 e. The highest BCUT2D eigenvalue weighted by molar-refractivity contribution is 6.02. The van der Waals surface area contributed by atoms with Crippen molar-refractivity contribution in [2.75, 3.05) is 55.0 Å². The lowest BCUT2D eigenvalue weighted by molar-refractivity contribution is -0.130. The van der Waals surface area contributed by atoms with E-state index in [1.807, 2.05) is 64.4 Å². The summed E-state index contributed by atoms with van der Waals surface area (Å²) in [5.74, 6) is 0.975. The molecule has 1 fully saturated rings. The lowest BCUT2D eigenvalue weighted by Gasteiger charge is -2.36. The molecule has 3 aromatic carbocycles. The number of fused-ring (bicyclic) bond motifs is 1. The number of nitrogens with one attached hydrogen (secondary N) is 1. The number of ether oxygens (including phenoxy) is 1. The summed E-state index contributed by atoms with van der Waals surface area (Å²) in [7, 11) is 1.67. The molecule has 0 bridgehead atoms. The van der Waals surface area contributed by atoms with Gasteiger partial charge in [0, 0.05) is 49.8 Å². The van der Waals surface area contributed by atoms with Crippen molar-refractivity contribution in [3.05, 3.63) is 83.9 Å². The number of carbonyl (C=O) groups is 2. The van der Waals surface area contributed by atoms with Crippen molar-refractivity contribution in [3.8, 4) is 5.75 Å². The number of benzene rings is 3. The van der Waals surface area contributed by atoms with Gasteiger partial charge in [0.25, 0.3) is 0 Å². The van der Waals surface area contributed by atoms with Gasteiger partial charge in [0.05, 0.1) is 13.5 Å². The highest BCUT2D eigenvalue weighted by Gasteiger charge is 2.23. The highest BCUT2D eigenvalue weighted by atomic mass is 16.5. The monoisotopic (exact) mass is 498 g/mol. The smallest absolute Gasteiger partial charge is 0.326 e. The van der Waals surface area contributed by atoms with Gasteiger partial charge in [0.15, 0.2) is 0 Å². The number of rotatable bonds is 5. The number of hydrogen-bond acceptors (Lipinski definition) is 4. The Morgan fingerprint density at radius 1 is 0.838 bits per heavy atom. The molecule has 2 aliphatic rings. The Labute approximate surface area is 218 Å². The van der Waals surface area contributed by atoms with Crippen molar-refractivity contribution >= 4 is 29.0 Å². The fourth-order valence-electron chi connectivity index (χ4n) is 5.09. The number of para-hydroxylation sites is 1. The van der Waals surface area contributed by atoms with E-state index in [1.165, 1.54) is 5.56 Å². The lowest BCUT2D eigenvalue weighted by atomic mass is 10.1. The molecular weight excluding hydrogens is 464 g/mol. The SMILES string of the molecule is COc1ccc(N2CCN(C(=O)Cc3ccc(NC(=O)N4CCCCc5ccccc54)cc3)CC2)cc1. The minimum Gasteiger partial charge on any atom is -0.497 e. The average molecular weight is 499 g/mol. The maximum absolute atomic E-state index is 13.1. The summed E-state index contributed by atoms with van der Waals surface area (Å²) < 4.78 is 5.24. The number of hydrogen-bond donors (Lipinski definition) is 1. The van der Waals surface area contributed by atoms with Crippen molar-refractivity contribution in [3.63, 3.8) is 0 Å². The average Bonchev–Trinajstić information content (AvgIpc) is 3.17. The van der Waals surface area contributed by atoms with Crippen LogP contribution in [0.4, 0.5) is 21.9 Å². The second kappa shape index (κ2) is 11.4. The Kier molecular flexibility index (Phi) is 7.59. The molecule has 0 aliphatic carbocycles. The van der Waals surface area contributed by atoms with Gasteiger partial charge >= 0.3 is 6.03 Å². The molecule has 1 N–H and O–H groups in total. The second-order valence-electron chi connectivity index (χ2n) is 9.61. The fraction of sp³-hybridized carbons (Fsp3) is 0.333. The molecule has 0 atom stereocenters. The Morgan fingerprint density at radius 3 is 2.30 bits per heavy atom. The van der Waals surface area contributed by atoms with E-state index >= 15 is 0 Å². The van der Waals surface area contributed by atoms with Crippen LogP contribution in [0.1, 0.15) is 24.0 Å². The number of aryl methyl sites for hydroxylation is 1. The maximum Gasteiger partial charge on any atom is 0.326 e. The predicted molar refractivity (Wildman–Crippen MR) is 148 cm³/mol. The molecule has 3 amide bonds. The van der Waals surface area contributed by atoms with E-state index in [0.29, 0.717) is 26.1 Å². The summed E-state index contributed by atoms with van der Waals surface area (Å²) in [5, 5.41) is 3.03. The van der Waals surface area contributed by atoms with Crippen LogP contribution in [0.3, 0.4) is 0 Å². The molecule has 37 heavy (non-hydrogen) atoms. The van der Waals surface area contributed by atoms with Gasteiger partial charge in [-0.15, -0.1) is 0 Å². The van der Waals surface area contributed by atoms with Crippen molar-refractivity contribution < 1.29 is 14.3 Å². The summed E-state index contributed by atoms with van der Waals surface area (Å²) >= 11 is 0. The van der Waals surface area contributed by atoms with Gasteiger partial charge in [-0.05, 0) is 72.9 Å². The van der Waals surface area contributed by atoms with E-state index < -0.39 is 0 Å². The predicted octanol–water partition coefficient (Wildman–Crippen LogP) is 4.96. The number of methoxy groups -OCH3 is 1. The summed E-state index contributed by atoms with van der Waals surface area (Å²) in [6, 6.07) is 23.7. The van der Waals surface area contributed by atoms with Crippen molar-refractivity contribution in [1.29, 1.82) is 0 Å². The van der Waals surface area contributed by atoms with Crippen LogP contribution in [-0.4, -0.2) is 56.7 Å². The zero-order chi connectivity index (χ0) is 25.6. The first-order chi connectivity index (χ1) is 18.1. The third kappa shape index (κ3) is 5.88. The van der Waals surface area contributed by atoms with Crippen molar-refractivity contribution in [1.82, 2.24) is 4.90 Å². The molecule has 1 saturated heterocycles. The molecule has 2 heterocycles. The first-order valence-corrected chi connectivity index (χ1v) is 13.0. The zero-order valence-corrected chi connectivity index (χ0v) is 21.4. The number of nitrogens with zero attached hydrogens (tertiary/aromatic N) is 3. The Hall–Kier alpha value is -4.00. The summed E-state index contributed by atoms with van der Waals surface area (Å²) in [6.07, 6.45) is 3.42. The Morgan fingerprint density at radius 2 is 1.57 bits per heavy atom. The summed E-state index contributed by atoms with van der Waals surface area (Å²) in [6.45, 7) is 3.74. The second-order valence-corrected chi connectivity index (χ2v) is 9.61. The number of piperazine rings is 1. The van der Waals surface area contributed by atoms with E-state index in [1.54, 1.807) is 7.11 Å².